The molecule has 1 fully saturated rings. The number of carbonyl (C=O) groups is 1. The van der Waals surface area contributed by atoms with Crippen LogP contribution in [-0.2, 0) is 4.79 Å². The SMILES string of the molecule is CC(=O)C(N)C(C)C1CCCC1. The van der Waals surface area contributed by atoms with Gasteiger partial charge in [-0.05, 0) is 18.8 Å². The highest BCUT2D eigenvalue weighted by molar-refractivity contribution is 5.81. The zero-order valence-electron chi connectivity index (χ0n) is 8.05. The van der Waals surface area contributed by atoms with E-state index in [0.717, 1.165) is 0 Å². The summed E-state index contributed by atoms with van der Waals surface area (Å²) < 4.78 is 0. The van der Waals surface area contributed by atoms with E-state index in [9.17, 15) is 4.79 Å². The third kappa shape index (κ3) is 2.07. The molecular formula is C10H19NO. The van der Waals surface area contributed by atoms with Gasteiger partial charge in [-0.15, -0.1) is 0 Å². The van der Waals surface area contributed by atoms with Gasteiger partial charge in [-0.25, -0.2) is 0 Å². The molecule has 0 spiro atoms. The topological polar surface area (TPSA) is 43.1 Å². The van der Waals surface area contributed by atoms with Crippen molar-refractivity contribution >= 4 is 5.78 Å². The van der Waals surface area contributed by atoms with Crippen molar-refractivity contribution in [3.63, 3.8) is 0 Å². The second-order valence-corrected chi connectivity index (χ2v) is 4.04. The molecule has 0 heterocycles. The van der Waals surface area contributed by atoms with Crippen LogP contribution in [0, 0.1) is 11.8 Å². The lowest BCUT2D eigenvalue weighted by atomic mass is 9.85. The van der Waals surface area contributed by atoms with Crippen LogP contribution in [-0.4, -0.2) is 11.8 Å². The van der Waals surface area contributed by atoms with Crippen LogP contribution in [0.2, 0.25) is 0 Å². The average Bonchev–Trinajstić information content (AvgIpc) is 2.53. The second-order valence-electron chi connectivity index (χ2n) is 4.04. The molecule has 1 aliphatic rings. The van der Waals surface area contributed by atoms with E-state index in [1.165, 1.54) is 25.7 Å². The van der Waals surface area contributed by atoms with Crippen molar-refractivity contribution in [3.05, 3.63) is 0 Å². The van der Waals surface area contributed by atoms with Crippen molar-refractivity contribution in [2.24, 2.45) is 17.6 Å². The minimum Gasteiger partial charge on any atom is -0.321 e. The first-order chi connectivity index (χ1) is 5.63. The van der Waals surface area contributed by atoms with Crippen molar-refractivity contribution in [3.8, 4) is 0 Å². The molecule has 0 radical (unpaired) electrons. The standard InChI is InChI=1S/C10H19NO/c1-7(10(11)8(2)12)9-5-3-4-6-9/h7,9-10H,3-6,11H2,1-2H3. The first-order valence-electron chi connectivity index (χ1n) is 4.89. The molecule has 2 N–H and O–H groups in total. The average molecular weight is 169 g/mol. The van der Waals surface area contributed by atoms with Crippen LogP contribution in [0.5, 0.6) is 0 Å². The van der Waals surface area contributed by atoms with Crippen LogP contribution in [0.25, 0.3) is 0 Å². The summed E-state index contributed by atoms with van der Waals surface area (Å²) >= 11 is 0. The van der Waals surface area contributed by atoms with Crippen molar-refractivity contribution < 1.29 is 4.79 Å². The Kier molecular flexibility index (Phi) is 3.27. The molecule has 12 heavy (non-hydrogen) atoms. The predicted molar refractivity (Wildman–Crippen MR) is 49.8 cm³/mol. The van der Waals surface area contributed by atoms with E-state index in [0.29, 0.717) is 11.8 Å². The summed E-state index contributed by atoms with van der Waals surface area (Å²) in [5, 5.41) is 0. The Balaban J connectivity index is 2.44. The predicted octanol–water partition coefficient (Wildman–Crippen LogP) is 1.73. The van der Waals surface area contributed by atoms with Gasteiger partial charge in [-0.3, -0.25) is 4.79 Å². The zero-order valence-corrected chi connectivity index (χ0v) is 8.05. The molecule has 2 nitrogen and oxygen atoms in total. The summed E-state index contributed by atoms with van der Waals surface area (Å²) in [6.07, 6.45) is 5.17. The fourth-order valence-corrected chi connectivity index (χ4v) is 2.15. The fraction of sp³-hybridized carbons (Fsp3) is 0.900. The zero-order chi connectivity index (χ0) is 9.14. The molecule has 70 valence electrons. The molecule has 0 aromatic carbocycles. The van der Waals surface area contributed by atoms with E-state index in [4.69, 9.17) is 5.73 Å². The molecule has 0 amide bonds. The monoisotopic (exact) mass is 169 g/mol. The summed E-state index contributed by atoms with van der Waals surface area (Å²) in [5.74, 6) is 1.21. The van der Waals surface area contributed by atoms with E-state index < -0.39 is 0 Å². The van der Waals surface area contributed by atoms with Gasteiger partial charge < -0.3 is 5.73 Å². The van der Waals surface area contributed by atoms with Gasteiger partial charge in [0.1, 0.15) is 5.78 Å². The lowest BCUT2D eigenvalue weighted by Crippen LogP contribution is -2.38. The highest BCUT2D eigenvalue weighted by Gasteiger charge is 2.27. The summed E-state index contributed by atoms with van der Waals surface area (Å²) in [7, 11) is 0. The van der Waals surface area contributed by atoms with Gasteiger partial charge in [0.2, 0.25) is 0 Å². The first-order valence-corrected chi connectivity index (χ1v) is 4.89. The van der Waals surface area contributed by atoms with Crippen molar-refractivity contribution in [1.29, 1.82) is 0 Å². The van der Waals surface area contributed by atoms with Crippen LogP contribution in [0.1, 0.15) is 39.5 Å². The third-order valence-corrected chi connectivity index (χ3v) is 3.18. The van der Waals surface area contributed by atoms with E-state index in [1.54, 1.807) is 6.92 Å². The molecule has 1 saturated carbocycles. The number of ketones is 1. The Labute approximate surface area is 74.5 Å². The smallest absolute Gasteiger partial charge is 0.146 e. The number of hydrogen-bond acceptors (Lipinski definition) is 2. The number of hydrogen-bond donors (Lipinski definition) is 1. The molecule has 2 atom stereocenters. The summed E-state index contributed by atoms with van der Waals surface area (Å²) in [6, 6.07) is -0.229. The highest BCUT2D eigenvalue weighted by Crippen LogP contribution is 2.32. The summed E-state index contributed by atoms with van der Waals surface area (Å²) in [6.45, 7) is 3.71. The Morgan fingerprint density at radius 1 is 1.42 bits per heavy atom. The van der Waals surface area contributed by atoms with E-state index in [2.05, 4.69) is 6.92 Å². The minimum absolute atomic E-state index is 0.134. The normalized spacial score (nSPS) is 23.9. The number of nitrogens with two attached hydrogens (primary N) is 1. The van der Waals surface area contributed by atoms with Gasteiger partial charge in [0.15, 0.2) is 0 Å². The van der Waals surface area contributed by atoms with Gasteiger partial charge in [-0.2, -0.15) is 0 Å². The number of Topliss-reactive ketones (excluding diaryl/α,β-unsaturated/α-hetero) is 1. The third-order valence-electron chi connectivity index (χ3n) is 3.18. The van der Waals surface area contributed by atoms with E-state index in [1.807, 2.05) is 0 Å². The van der Waals surface area contributed by atoms with Gasteiger partial charge in [0.05, 0.1) is 6.04 Å². The molecule has 0 aromatic rings. The lowest BCUT2D eigenvalue weighted by molar-refractivity contribution is -0.119. The maximum Gasteiger partial charge on any atom is 0.146 e. The lowest BCUT2D eigenvalue weighted by Gasteiger charge is -2.23. The van der Waals surface area contributed by atoms with E-state index >= 15 is 0 Å². The Bertz CT molecular complexity index is 161. The number of carbonyl (C=O) groups excluding carboxylic acids is 1. The molecule has 1 rings (SSSR count). The van der Waals surface area contributed by atoms with Crippen molar-refractivity contribution in [2.75, 3.05) is 0 Å². The Hall–Kier alpha value is -0.370. The van der Waals surface area contributed by atoms with Crippen LogP contribution in [0.15, 0.2) is 0 Å². The van der Waals surface area contributed by atoms with E-state index in [-0.39, 0.29) is 11.8 Å². The van der Waals surface area contributed by atoms with Crippen molar-refractivity contribution in [1.82, 2.24) is 0 Å². The van der Waals surface area contributed by atoms with Gasteiger partial charge in [-0.1, -0.05) is 32.6 Å². The first kappa shape index (κ1) is 9.72. The van der Waals surface area contributed by atoms with Crippen LogP contribution in [0.3, 0.4) is 0 Å². The second kappa shape index (κ2) is 4.04. The Morgan fingerprint density at radius 2 is 1.92 bits per heavy atom. The summed E-state index contributed by atoms with van der Waals surface area (Å²) in [4.78, 5) is 11.0. The Morgan fingerprint density at radius 3 is 2.33 bits per heavy atom. The molecular weight excluding hydrogens is 150 g/mol. The molecule has 1 aliphatic carbocycles. The fourth-order valence-electron chi connectivity index (χ4n) is 2.15. The van der Waals surface area contributed by atoms with Crippen LogP contribution < -0.4 is 5.73 Å². The highest BCUT2D eigenvalue weighted by atomic mass is 16.1. The molecule has 0 saturated heterocycles. The maximum atomic E-state index is 11.0. The van der Waals surface area contributed by atoms with Crippen molar-refractivity contribution in [2.45, 2.75) is 45.6 Å². The van der Waals surface area contributed by atoms with Crippen LogP contribution >= 0.6 is 0 Å². The molecule has 0 aliphatic heterocycles. The molecule has 0 aromatic heterocycles. The van der Waals surface area contributed by atoms with Gasteiger partial charge in [0.25, 0.3) is 0 Å². The van der Waals surface area contributed by atoms with Gasteiger partial charge >= 0.3 is 0 Å². The minimum atomic E-state index is -0.229. The quantitative estimate of drug-likeness (QED) is 0.699. The molecule has 0 bridgehead atoms. The maximum absolute atomic E-state index is 11.0. The largest absolute Gasteiger partial charge is 0.321 e. The molecule has 2 unspecified atom stereocenters. The number of rotatable bonds is 3. The van der Waals surface area contributed by atoms with Gasteiger partial charge in [0, 0.05) is 0 Å². The van der Waals surface area contributed by atoms with Crippen LogP contribution in [0.4, 0.5) is 0 Å². The molecule has 2 heteroatoms. The summed E-state index contributed by atoms with van der Waals surface area (Å²) in [5.41, 5.74) is 5.79.